The second-order valence-corrected chi connectivity index (χ2v) is 6.75. The van der Waals surface area contributed by atoms with Gasteiger partial charge in [-0.1, -0.05) is 35.5 Å². The van der Waals surface area contributed by atoms with Gasteiger partial charge in [0.1, 0.15) is 0 Å². The van der Waals surface area contributed by atoms with E-state index in [4.69, 9.17) is 4.52 Å². The van der Waals surface area contributed by atoms with Gasteiger partial charge in [-0.2, -0.15) is 13.2 Å². The van der Waals surface area contributed by atoms with E-state index in [2.05, 4.69) is 10.5 Å². The molecule has 156 valence electrons. The Balaban J connectivity index is 1.49. The highest BCUT2D eigenvalue weighted by Crippen LogP contribution is 2.20. The second kappa shape index (κ2) is 9.08. The van der Waals surface area contributed by atoms with Gasteiger partial charge < -0.3 is 14.7 Å². The molecule has 10 heteroatoms. The van der Waals surface area contributed by atoms with Crippen LogP contribution in [0.4, 0.5) is 13.2 Å². The molecule has 1 saturated heterocycles. The molecule has 0 aliphatic carbocycles. The fraction of sp³-hybridized carbons (Fsp3) is 0.421. The highest BCUT2D eigenvalue weighted by Gasteiger charge is 2.31. The van der Waals surface area contributed by atoms with Crippen LogP contribution in [0.5, 0.6) is 0 Å². The van der Waals surface area contributed by atoms with E-state index in [1.54, 1.807) is 0 Å². The van der Waals surface area contributed by atoms with Crippen molar-refractivity contribution in [1.29, 1.82) is 0 Å². The molecule has 0 unspecified atom stereocenters. The summed E-state index contributed by atoms with van der Waals surface area (Å²) in [5.74, 6) is -0.476. The van der Waals surface area contributed by atoms with Crippen molar-refractivity contribution in [3.8, 4) is 11.3 Å². The van der Waals surface area contributed by atoms with Crippen LogP contribution in [-0.2, 0) is 4.79 Å². The lowest BCUT2D eigenvalue weighted by atomic mass is 10.1. The zero-order valence-electron chi connectivity index (χ0n) is 15.6. The van der Waals surface area contributed by atoms with Crippen molar-refractivity contribution in [3.05, 3.63) is 42.1 Å². The van der Waals surface area contributed by atoms with Gasteiger partial charge in [0, 0.05) is 37.8 Å². The minimum absolute atomic E-state index is 0.0453. The van der Waals surface area contributed by atoms with Crippen molar-refractivity contribution < 1.29 is 27.3 Å². The summed E-state index contributed by atoms with van der Waals surface area (Å²) in [5.41, 5.74) is 0.812. The summed E-state index contributed by atoms with van der Waals surface area (Å²) in [6.07, 6.45) is -3.82. The monoisotopic (exact) mass is 410 g/mol. The largest absolute Gasteiger partial charge is 0.401 e. The molecule has 2 amide bonds. The molecule has 0 saturated carbocycles. The van der Waals surface area contributed by atoms with Crippen molar-refractivity contribution in [2.45, 2.75) is 12.6 Å². The topological polar surface area (TPSA) is 78.7 Å². The van der Waals surface area contributed by atoms with E-state index in [0.717, 1.165) is 5.56 Å². The maximum atomic E-state index is 12.5. The number of aromatic nitrogens is 1. The van der Waals surface area contributed by atoms with Gasteiger partial charge in [0.2, 0.25) is 5.91 Å². The first kappa shape index (κ1) is 20.8. The van der Waals surface area contributed by atoms with Gasteiger partial charge in [-0.15, -0.1) is 0 Å². The van der Waals surface area contributed by atoms with Gasteiger partial charge in [-0.3, -0.25) is 14.5 Å². The Morgan fingerprint density at radius 1 is 1.10 bits per heavy atom. The third kappa shape index (κ3) is 6.05. The van der Waals surface area contributed by atoms with E-state index in [1.807, 2.05) is 30.3 Å². The molecule has 0 spiro atoms. The third-order valence-corrected chi connectivity index (χ3v) is 4.55. The van der Waals surface area contributed by atoms with Gasteiger partial charge in [-0.25, -0.2) is 0 Å². The van der Waals surface area contributed by atoms with Crippen molar-refractivity contribution in [2.24, 2.45) is 0 Å². The van der Waals surface area contributed by atoms with Gasteiger partial charge in [0.15, 0.2) is 11.5 Å². The number of nitrogens with zero attached hydrogens (tertiary/aromatic N) is 3. The maximum Gasteiger partial charge on any atom is 0.401 e. The normalized spacial score (nSPS) is 15.8. The van der Waals surface area contributed by atoms with Crippen LogP contribution in [-0.4, -0.2) is 72.2 Å². The van der Waals surface area contributed by atoms with Crippen molar-refractivity contribution in [2.75, 3.05) is 39.3 Å². The highest BCUT2D eigenvalue weighted by atomic mass is 19.4. The highest BCUT2D eigenvalue weighted by molar-refractivity contribution is 5.95. The van der Waals surface area contributed by atoms with E-state index in [-0.39, 0.29) is 37.8 Å². The van der Waals surface area contributed by atoms with Gasteiger partial charge in [-0.05, 0) is 6.42 Å². The molecular formula is C19H21F3N4O3. The van der Waals surface area contributed by atoms with Crippen LogP contribution in [0.3, 0.4) is 0 Å². The van der Waals surface area contributed by atoms with E-state index in [0.29, 0.717) is 18.7 Å². The van der Waals surface area contributed by atoms with Crippen LogP contribution in [0.2, 0.25) is 0 Å². The number of carbonyl (C=O) groups is 2. The van der Waals surface area contributed by atoms with Crippen LogP contribution in [0, 0.1) is 0 Å². The molecule has 2 heterocycles. The summed E-state index contributed by atoms with van der Waals surface area (Å²) >= 11 is 0. The molecule has 7 nitrogen and oxygen atoms in total. The molecule has 1 aliphatic heterocycles. The number of rotatable bonds is 5. The number of alkyl halides is 3. The average Bonchev–Trinajstić information content (AvgIpc) is 3.07. The standard InChI is InChI=1S/C19H21F3N4O3/c20-19(21,22)13-25-7-4-8-26(10-9-25)17(27)12-23-18(28)15-11-16(29-24-15)14-5-2-1-3-6-14/h1-3,5-6,11H,4,7-10,12-13H2,(H,23,28). The summed E-state index contributed by atoms with van der Waals surface area (Å²) in [5, 5.41) is 6.20. The number of amides is 2. The zero-order valence-corrected chi connectivity index (χ0v) is 15.6. The van der Waals surface area contributed by atoms with E-state index < -0.39 is 18.6 Å². The maximum absolute atomic E-state index is 12.5. The van der Waals surface area contributed by atoms with Crippen molar-refractivity contribution in [3.63, 3.8) is 0 Å². The van der Waals surface area contributed by atoms with Gasteiger partial charge in [0.25, 0.3) is 5.91 Å². The molecule has 3 rings (SSSR count). The minimum atomic E-state index is -4.26. The van der Waals surface area contributed by atoms with Crippen LogP contribution in [0.1, 0.15) is 16.9 Å². The molecule has 0 bridgehead atoms. The molecule has 1 aromatic carbocycles. The molecule has 29 heavy (non-hydrogen) atoms. The average molecular weight is 410 g/mol. The second-order valence-electron chi connectivity index (χ2n) is 6.75. The third-order valence-electron chi connectivity index (χ3n) is 4.55. The molecule has 2 aromatic rings. The zero-order chi connectivity index (χ0) is 20.9. The molecule has 0 atom stereocenters. The first-order chi connectivity index (χ1) is 13.8. The van der Waals surface area contributed by atoms with Crippen LogP contribution >= 0.6 is 0 Å². The van der Waals surface area contributed by atoms with E-state index in [1.165, 1.54) is 15.9 Å². The number of hydrogen-bond acceptors (Lipinski definition) is 5. The number of halogens is 3. The molecule has 1 N–H and O–H groups in total. The lowest BCUT2D eigenvalue weighted by molar-refractivity contribution is -0.145. The van der Waals surface area contributed by atoms with Gasteiger partial charge >= 0.3 is 6.18 Å². The summed E-state index contributed by atoms with van der Waals surface area (Å²) in [7, 11) is 0. The molecule has 1 fully saturated rings. The fourth-order valence-corrected chi connectivity index (χ4v) is 3.11. The number of benzene rings is 1. The first-order valence-electron chi connectivity index (χ1n) is 9.19. The molecular weight excluding hydrogens is 389 g/mol. The minimum Gasteiger partial charge on any atom is -0.355 e. The SMILES string of the molecule is O=C(NCC(=O)N1CCCN(CC(F)(F)F)CC1)c1cc(-c2ccccc2)on1. The molecule has 1 aliphatic rings. The van der Waals surface area contributed by atoms with E-state index >= 15 is 0 Å². The lowest BCUT2D eigenvalue weighted by Crippen LogP contribution is -2.42. The van der Waals surface area contributed by atoms with Crippen LogP contribution in [0.25, 0.3) is 11.3 Å². The van der Waals surface area contributed by atoms with Gasteiger partial charge in [0.05, 0.1) is 13.1 Å². The fourth-order valence-electron chi connectivity index (χ4n) is 3.11. The summed E-state index contributed by atoms with van der Waals surface area (Å²) in [6, 6.07) is 10.6. The molecule has 0 radical (unpaired) electrons. The summed E-state index contributed by atoms with van der Waals surface area (Å²) in [6.45, 7) is -0.287. The summed E-state index contributed by atoms with van der Waals surface area (Å²) in [4.78, 5) is 27.3. The van der Waals surface area contributed by atoms with Crippen LogP contribution < -0.4 is 5.32 Å². The Morgan fingerprint density at radius 3 is 2.59 bits per heavy atom. The van der Waals surface area contributed by atoms with Crippen molar-refractivity contribution in [1.82, 2.24) is 20.3 Å². The Hall–Kier alpha value is -2.88. The summed E-state index contributed by atoms with van der Waals surface area (Å²) < 4.78 is 42.7. The van der Waals surface area contributed by atoms with Crippen molar-refractivity contribution >= 4 is 11.8 Å². The van der Waals surface area contributed by atoms with Crippen LogP contribution in [0.15, 0.2) is 40.9 Å². The lowest BCUT2D eigenvalue weighted by Gasteiger charge is -2.22. The predicted molar refractivity (Wildman–Crippen MR) is 98.0 cm³/mol. The Labute approximate surface area is 165 Å². The Kier molecular flexibility index (Phi) is 6.53. The Morgan fingerprint density at radius 2 is 1.86 bits per heavy atom. The smallest absolute Gasteiger partial charge is 0.355 e. The first-order valence-corrected chi connectivity index (χ1v) is 9.19. The molecule has 1 aromatic heterocycles. The van der Waals surface area contributed by atoms with E-state index in [9.17, 15) is 22.8 Å². The Bertz CT molecular complexity index is 839. The number of hydrogen-bond donors (Lipinski definition) is 1. The quantitative estimate of drug-likeness (QED) is 0.818. The predicted octanol–water partition coefficient (Wildman–Crippen LogP) is 2.17. The number of carbonyl (C=O) groups excluding carboxylic acids is 2. The number of nitrogens with one attached hydrogen (secondary N) is 1.